The summed E-state index contributed by atoms with van der Waals surface area (Å²) >= 11 is 6.25. The van der Waals surface area contributed by atoms with Crippen LogP contribution in [-0.4, -0.2) is 37.0 Å². The second-order valence-electron chi connectivity index (χ2n) is 8.26. The topological polar surface area (TPSA) is 140 Å². The lowest BCUT2D eigenvalue weighted by atomic mass is 10.2. The summed E-state index contributed by atoms with van der Waals surface area (Å²) in [6.07, 6.45) is 0. The van der Waals surface area contributed by atoms with Gasteiger partial charge < -0.3 is 14.8 Å². The molecule has 3 N–H and O–H groups in total. The predicted octanol–water partition coefficient (Wildman–Crippen LogP) is 5.21. The lowest BCUT2D eigenvalue weighted by molar-refractivity contribution is 0.102. The fourth-order valence-corrected chi connectivity index (χ4v) is 6.01. The van der Waals surface area contributed by atoms with E-state index >= 15 is 0 Å². The maximum absolute atomic E-state index is 12.9. The van der Waals surface area contributed by atoms with Gasteiger partial charge in [0.05, 0.1) is 40.4 Å². The van der Waals surface area contributed by atoms with Crippen molar-refractivity contribution in [2.45, 2.75) is 9.79 Å². The molecular weight excluding hydrogens is 578 g/mol. The zero-order valence-electron chi connectivity index (χ0n) is 21.2. The zero-order chi connectivity index (χ0) is 28.9. The van der Waals surface area contributed by atoms with Crippen LogP contribution in [0.15, 0.2) is 101 Å². The van der Waals surface area contributed by atoms with E-state index in [1.807, 2.05) is 0 Å². The van der Waals surface area contributed by atoms with Gasteiger partial charge in [-0.2, -0.15) is 0 Å². The van der Waals surface area contributed by atoms with Crippen LogP contribution < -0.4 is 24.2 Å². The number of hydrogen-bond acceptors (Lipinski definition) is 7. The third-order valence-corrected chi connectivity index (χ3v) is 8.68. The zero-order valence-corrected chi connectivity index (χ0v) is 23.6. The molecule has 0 aliphatic rings. The summed E-state index contributed by atoms with van der Waals surface area (Å²) in [5.41, 5.74) is 0.798. The van der Waals surface area contributed by atoms with Crippen molar-refractivity contribution in [1.29, 1.82) is 0 Å². The van der Waals surface area contributed by atoms with Gasteiger partial charge in [-0.1, -0.05) is 29.8 Å². The lowest BCUT2D eigenvalue weighted by Crippen LogP contribution is -2.15. The van der Waals surface area contributed by atoms with Crippen LogP contribution >= 0.6 is 11.6 Å². The van der Waals surface area contributed by atoms with Crippen LogP contribution in [0, 0.1) is 0 Å². The predicted molar refractivity (Wildman–Crippen MR) is 153 cm³/mol. The molecule has 0 aromatic heterocycles. The molecule has 0 unspecified atom stereocenters. The number of carbonyl (C=O) groups is 1. The standard InChI is InChI=1S/C27H24ClN3O7S2/c1-37-20-11-15-26(38-2)25(17-20)31-40(35,36)22-12-9-19(10-13-22)29-27(32)18-8-14-24(23(28)16-18)30-39(33,34)21-6-4-3-5-7-21/h3-17,30-31H,1-2H3,(H,29,32). The molecule has 0 atom stereocenters. The smallest absolute Gasteiger partial charge is 0.262 e. The van der Waals surface area contributed by atoms with Gasteiger partial charge in [-0.25, -0.2) is 16.8 Å². The molecule has 0 aliphatic heterocycles. The molecule has 0 saturated carbocycles. The van der Waals surface area contributed by atoms with Gasteiger partial charge >= 0.3 is 0 Å². The first-order valence-corrected chi connectivity index (χ1v) is 14.9. The molecular formula is C27H24ClN3O7S2. The van der Waals surface area contributed by atoms with Crippen molar-refractivity contribution in [2.24, 2.45) is 0 Å². The number of methoxy groups -OCH3 is 2. The highest BCUT2D eigenvalue weighted by molar-refractivity contribution is 7.93. The molecule has 0 fully saturated rings. The minimum atomic E-state index is -3.99. The Labute approximate surface area is 237 Å². The molecule has 10 nitrogen and oxygen atoms in total. The number of rotatable bonds is 10. The minimum absolute atomic E-state index is 0.0210. The molecule has 0 spiro atoms. The van der Waals surface area contributed by atoms with E-state index < -0.39 is 26.0 Å². The van der Waals surface area contributed by atoms with Crippen molar-refractivity contribution >= 4 is 54.6 Å². The first-order chi connectivity index (χ1) is 19.0. The van der Waals surface area contributed by atoms with Crippen molar-refractivity contribution in [3.05, 3.63) is 102 Å². The van der Waals surface area contributed by atoms with Crippen LogP contribution in [0.2, 0.25) is 5.02 Å². The third-order valence-electron chi connectivity index (χ3n) is 5.60. The highest BCUT2D eigenvalue weighted by atomic mass is 35.5. The van der Waals surface area contributed by atoms with E-state index in [1.165, 1.54) is 74.9 Å². The maximum Gasteiger partial charge on any atom is 0.262 e. The largest absolute Gasteiger partial charge is 0.497 e. The second kappa shape index (κ2) is 11.9. The summed E-state index contributed by atoms with van der Waals surface area (Å²) in [6, 6.07) is 22.1. The fourth-order valence-electron chi connectivity index (χ4n) is 3.56. The summed E-state index contributed by atoms with van der Waals surface area (Å²) in [4.78, 5) is 12.8. The SMILES string of the molecule is COc1ccc(OC)c(NS(=O)(=O)c2ccc(NC(=O)c3ccc(NS(=O)(=O)c4ccccc4)c(Cl)c3)cc2)c1. The van der Waals surface area contributed by atoms with Crippen LogP contribution in [0.4, 0.5) is 17.1 Å². The number of hydrogen-bond donors (Lipinski definition) is 3. The Morgan fingerprint density at radius 1 is 0.700 bits per heavy atom. The average Bonchev–Trinajstić information content (AvgIpc) is 2.94. The molecule has 0 bridgehead atoms. The monoisotopic (exact) mass is 601 g/mol. The molecule has 1 amide bonds. The van der Waals surface area contributed by atoms with E-state index in [4.69, 9.17) is 21.1 Å². The van der Waals surface area contributed by atoms with E-state index in [0.717, 1.165) is 0 Å². The molecule has 0 saturated heterocycles. The van der Waals surface area contributed by atoms with Crippen LogP contribution in [-0.2, 0) is 20.0 Å². The van der Waals surface area contributed by atoms with Gasteiger partial charge in [-0.3, -0.25) is 14.2 Å². The average molecular weight is 602 g/mol. The Morgan fingerprint density at radius 3 is 1.93 bits per heavy atom. The van der Waals surface area contributed by atoms with Gasteiger partial charge in [0.2, 0.25) is 0 Å². The normalized spacial score (nSPS) is 11.4. The Hall–Kier alpha value is -4.26. The number of amides is 1. The van der Waals surface area contributed by atoms with Crippen LogP contribution in [0.25, 0.3) is 0 Å². The summed E-state index contributed by atoms with van der Waals surface area (Å²) < 4.78 is 66.2. The number of benzene rings is 4. The Balaban J connectivity index is 1.45. The molecule has 0 aliphatic carbocycles. The number of carbonyl (C=O) groups excluding carboxylic acids is 1. The van der Waals surface area contributed by atoms with Crippen molar-refractivity contribution < 1.29 is 31.1 Å². The second-order valence-corrected chi connectivity index (χ2v) is 12.0. The van der Waals surface area contributed by atoms with Gasteiger partial charge in [-0.05, 0) is 66.7 Å². The molecule has 40 heavy (non-hydrogen) atoms. The number of sulfonamides is 2. The summed E-state index contributed by atoms with van der Waals surface area (Å²) in [5.74, 6) is 0.221. The van der Waals surface area contributed by atoms with Crippen molar-refractivity contribution in [1.82, 2.24) is 0 Å². The molecule has 0 radical (unpaired) electrons. The van der Waals surface area contributed by atoms with E-state index in [-0.39, 0.29) is 31.8 Å². The Morgan fingerprint density at radius 2 is 1.32 bits per heavy atom. The molecule has 4 rings (SSSR count). The Kier molecular flexibility index (Phi) is 8.52. The van der Waals surface area contributed by atoms with Crippen molar-refractivity contribution in [3.63, 3.8) is 0 Å². The molecule has 4 aromatic carbocycles. The highest BCUT2D eigenvalue weighted by Gasteiger charge is 2.19. The van der Waals surface area contributed by atoms with E-state index in [1.54, 1.807) is 30.3 Å². The number of halogens is 1. The first kappa shape index (κ1) is 28.7. The van der Waals surface area contributed by atoms with E-state index in [2.05, 4.69) is 14.8 Å². The van der Waals surface area contributed by atoms with Crippen molar-refractivity contribution in [2.75, 3.05) is 29.0 Å². The first-order valence-electron chi connectivity index (χ1n) is 11.6. The van der Waals surface area contributed by atoms with Crippen LogP contribution in [0.5, 0.6) is 11.5 Å². The van der Waals surface area contributed by atoms with Gasteiger partial charge in [0.25, 0.3) is 26.0 Å². The molecule has 4 aromatic rings. The van der Waals surface area contributed by atoms with Gasteiger partial charge in [-0.15, -0.1) is 0 Å². The minimum Gasteiger partial charge on any atom is -0.497 e. The maximum atomic E-state index is 12.9. The highest BCUT2D eigenvalue weighted by Crippen LogP contribution is 2.31. The van der Waals surface area contributed by atoms with Crippen LogP contribution in [0.1, 0.15) is 10.4 Å². The molecule has 0 heterocycles. The van der Waals surface area contributed by atoms with Crippen LogP contribution in [0.3, 0.4) is 0 Å². The quantitative estimate of drug-likeness (QED) is 0.227. The Bertz CT molecular complexity index is 1750. The molecule has 208 valence electrons. The number of nitrogens with one attached hydrogen (secondary N) is 3. The summed E-state index contributed by atoms with van der Waals surface area (Å²) in [6.45, 7) is 0. The van der Waals surface area contributed by atoms with Gasteiger partial charge in [0.1, 0.15) is 11.5 Å². The van der Waals surface area contributed by atoms with Gasteiger partial charge in [0.15, 0.2) is 0 Å². The van der Waals surface area contributed by atoms with Gasteiger partial charge in [0, 0.05) is 17.3 Å². The van der Waals surface area contributed by atoms with E-state index in [0.29, 0.717) is 17.2 Å². The molecule has 13 heteroatoms. The van der Waals surface area contributed by atoms with Crippen molar-refractivity contribution in [3.8, 4) is 11.5 Å². The summed E-state index contributed by atoms with van der Waals surface area (Å²) in [5, 5.41) is 2.67. The lowest BCUT2D eigenvalue weighted by Gasteiger charge is -2.14. The fraction of sp³-hybridized carbons (Fsp3) is 0.0741. The third kappa shape index (κ3) is 6.65. The summed E-state index contributed by atoms with van der Waals surface area (Å²) in [7, 11) is -4.97. The number of anilines is 3. The number of ether oxygens (including phenoxy) is 2. The van der Waals surface area contributed by atoms with E-state index in [9.17, 15) is 21.6 Å².